The monoisotopic (exact) mass is 422 g/mol. The van der Waals surface area contributed by atoms with Crippen LogP contribution in [0.1, 0.15) is 40.0 Å². The van der Waals surface area contributed by atoms with E-state index >= 15 is 0 Å². The van der Waals surface area contributed by atoms with Gasteiger partial charge in [-0.05, 0) is 62.2 Å². The Morgan fingerprint density at radius 2 is 1.57 bits per heavy atom. The molecule has 156 valence electrons. The van der Waals surface area contributed by atoms with Gasteiger partial charge in [0.2, 0.25) is 0 Å². The third-order valence-corrected chi connectivity index (χ3v) is 6.91. The maximum Gasteiger partial charge on any atom is 0.264 e. The van der Waals surface area contributed by atoms with Gasteiger partial charge in [0.1, 0.15) is 0 Å². The molecule has 0 spiro atoms. The fourth-order valence-electron chi connectivity index (χ4n) is 3.25. The fraction of sp³-hybridized carbons (Fsp3) is 0.208. The van der Waals surface area contributed by atoms with Gasteiger partial charge in [-0.1, -0.05) is 48.0 Å². The number of carbonyl (C=O) groups is 1. The van der Waals surface area contributed by atoms with E-state index in [0.717, 1.165) is 11.1 Å². The summed E-state index contributed by atoms with van der Waals surface area (Å²) in [6.45, 7) is 5.75. The number of nitrogens with zero attached hydrogens (tertiary/aromatic N) is 1. The van der Waals surface area contributed by atoms with E-state index in [2.05, 4.69) is 5.32 Å². The van der Waals surface area contributed by atoms with Gasteiger partial charge in [-0.2, -0.15) is 0 Å². The Labute approximate surface area is 178 Å². The lowest BCUT2D eigenvalue weighted by atomic mass is 10.1. The van der Waals surface area contributed by atoms with Crippen LogP contribution in [0.15, 0.2) is 77.7 Å². The minimum atomic E-state index is -3.67. The lowest BCUT2D eigenvalue weighted by molar-refractivity contribution is 0.0940. The minimum absolute atomic E-state index is 0.140. The lowest BCUT2D eigenvalue weighted by Crippen LogP contribution is -2.28. The predicted octanol–water partition coefficient (Wildman–Crippen LogP) is 4.62. The van der Waals surface area contributed by atoms with Crippen LogP contribution in [0.2, 0.25) is 0 Å². The Morgan fingerprint density at radius 1 is 0.933 bits per heavy atom. The quantitative estimate of drug-likeness (QED) is 0.630. The van der Waals surface area contributed by atoms with Gasteiger partial charge in [0.15, 0.2) is 0 Å². The number of hydrogen-bond acceptors (Lipinski definition) is 3. The molecule has 3 rings (SSSR count). The number of nitrogens with one attached hydrogen (secondary N) is 1. The molecule has 0 bridgehead atoms. The van der Waals surface area contributed by atoms with Crippen molar-refractivity contribution in [3.63, 3.8) is 0 Å². The van der Waals surface area contributed by atoms with Gasteiger partial charge >= 0.3 is 0 Å². The van der Waals surface area contributed by atoms with Crippen LogP contribution in [0.25, 0.3) is 0 Å². The Bertz CT molecular complexity index is 1140. The van der Waals surface area contributed by atoms with Gasteiger partial charge in [0.05, 0.1) is 16.6 Å². The summed E-state index contributed by atoms with van der Waals surface area (Å²) < 4.78 is 27.0. The van der Waals surface area contributed by atoms with Crippen LogP contribution < -0.4 is 9.62 Å². The average molecular weight is 423 g/mol. The summed E-state index contributed by atoms with van der Waals surface area (Å²) in [6.07, 6.45) is 0. The summed E-state index contributed by atoms with van der Waals surface area (Å²) in [5.41, 5.74) is 3.91. The smallest absolute Gasteiger partial charge is 0.264 e. The lowest BCUT2D eigenvalue weighted by Gasteiger charge is -2.22. The highest BCUT2D eigenvalue weighted by atomic mass is 32.2. The number of amides is 1. The Kier molecular flexibility index (Phi) is 6.27. The molecule has 6 heteroatoms. The summed E-state index contributed by atoms with van der Waals surface area (Å²) >= 11 is 0. The van der Waals surface area contributed by atoms with E-state index in [4.69, 9.17) is 0 Å². The molecule has 1 amide bonds. The highest BCUT2D eigenvalue weighted by molar-refractivity contribution is 7.92. The Balaban J connectivity index is 1.79. The Morgan fingerprint density at radius 3 is 2.17 bits per heavy atom. The van der Waals surface area contributed by atoms with E-state index in [1.165, 1.54) is 11.4 Å². The first-order chi connectivity index (χ1) is 14.2. The van der Waals surface area contributed by atoms with Gasteiger partial charge in [-0.3, -0.25) is 9.10 Å². The molecular formula is C24H26N2O3S. The molecule has 5 nitrogen and oxygen atoms in total. The molecule has 1 N–H and O–H groups in total. The molecule has 0 aromatic heterocycles. The van der Waals surface area contributed by atoms with E-state index < -0.39 is 10.0 Å². The topological polar surface area (TPSA) is 66.5 Å². The van der Waals surface area contributed by atoms with Gasteiger partial charge in [-0.15, -0.1) is 0 Å². The van der Waals surface area contributed by atoms with Crippen LogP contribution in [-0.2, 0) is 10.0 Å². The highest BCUT2D eigenvalue weighted by Gasteiger charge is 2.23. The van der Waals surface area contributed by atoms with E-state index in [0.29, 0.717) is 16.8 Å². The van der Waals surface area contributed by atoms with Crippen LogP contribution in [0.5, 0.6) is 0 Å². The zero-order chi connectivity index (χ0) is 21.9. The van der Waals surface area contributed by atoms with Crippen LogP contribution in [-0.4, -0.2) is 21.4 Å². The summed E-state index contributed by atoms with van der Waals surface area (Å²) in [7, 11) is -2.16. The first-order valence-electron chi connectivity index (χ1n) is 9.72. The normalized spacial score (nSPS) is 12.3. The number of hydrogen-bond donors (Lipinski definition) is 1. The van der Waals surface area contributed by atoms with Crippen molar-refractivity contribution in [3.8, 4) is 0 Å². The third kappa shape index (κ3) is 4.54. The van der Waals surface area contributed by atoms with Gasteiger partial charge in [0.25, 0.3) is 15.9 Å². The van der Waals surface area contributed by atoms with Crippen molar-refractivity contribution < 1.29 is 13.2 Å². The average Bonchev–Trinajstić information content (AvgIpc) is 2.74. The fourth-order valence-corrected chi connectivity index (χ4v) is 4.53. The van der Waals surface area contributed by atoms with Crippen LogP contribution in [0.3, 0.4) is 0 Å². The number of carbonyl (C=O) groups excluding carboxylic acids is 1. The van der Waals surface area contributed by atoms with Crippen molar-refractivity contribution >= 4 is 21.6 Å². The molecule has 0 heterocycles. The maximum atomic E-state index is 12.9. The number of rotatable bonds is 6. The van der Waals surface area contributed by atoms with Gasteiger partial charge in [0, 0.05) is 12.6 Å². The second-order valence-electron chi connectivity index (χ2n) is 7.39. The summed E-state index contributed by atoms with van der Waals surface area (Å²) in [5.74, 6) is -0.203. The molecule has 0 saturated carbocycles. The molecule has 3 aromatic rings. The van der Waals surface area contributed by atoms with Crippen LogP contribution >= 0.6 is 0 Å². The molecular weight excluding hydrogens is 396 g/mol. The molecule has 0 aliphatic heterocycles. The molecule has 30 heavy (non-hydrogen) atoms. The van der Waals surface area contributed by atoms with E-state index in [9.17, 15) is 13.2 Å². The molecule has 0 unspecified atom stereocenters. The SMILES string of the molecule is Cc1ccc([C@H](C)NC(=O)c2ccc(N(C)S(=O)(=O)c3ccccc3)c(C)c2)cc1. The van der Waals surface area contributed by atoms with Crippen LogP contribution in [0, 0.1) is 13.8 Å². The van der Waals surface area contributed by atoms with Gasteiger partial charge < -0.3 is 5.32 Å². The van der Waals surface area contributed by atoms with Crippen molar-refractivity contribution in [2.75, 3.05) is 11.4 Å². The summed E-state index contributed by atoms with van der Waals surface area (Å²) in [6, 6.07) is 21.2. The zero-order valence-electron chi connectivity index (χ0n) is 17.6. The first kappa shape index (κ1) is 21.6. The minimum Gasteiger partial charge on any atom is -0.346 e. The second-order valence-corrected chi connectivity index (χ2v) is 9.36. The van der Waals surface area contributed by atoms with E-state index in [-0.39, 0.29) is 16.8 Å². The number of aryl methyl sites for hydroxylation is 2. The molecule has 0 fully saturated rings. The molecule has 3 aromatic carbocycles. The summed E-state index contributed by atoms with van der Waals surface area (Å²) in [5, 5.41) is 2.99. The highest BCUT2D eigenvalue weighted by Crippen LogP contribution is 2.26. The second kappa shape index (κ2) is 8.71. The number of benzene rings is 3. The van der Waals surface area contributed by atoms with Gasteiger partial charge in [-0.25, -0.2) is 8.42 Å². The molecule has 0 aliphatic carbocycles. The molecule has 1 atom stereocenters. The number of sulfonamides is 1. The number of anilines is 1. The van der Waals surface area contributed by atoms with Crippen molar-refractivity contribution in [1.82, 2.24) is 5.32 Å². The molecule has 0 saturated heterocycles. The van der Waals surface area contributed by atoms with Crippen LogP contribution in [0.4, 0.5) is 5.69 Å². The summed E-state index contributed by atoms with van der Waals surface area (Å²) in [4.78, 5) is 12.9. The van der Waals surface area contributed by atoms with E-state index in [1.807, 2.05) is 38.1 Å². The maximum absolute atomic E-state index is 12.9. The van der Waals surface area contributed by atoms with Crippen molar-refractivity contribution in [1.29, 1.82) is 0 Å². The predicted molar refractivity (Wildman–Crippen MR) is 120 cm³/mol. The molecule has 0 radical (unpaired) electrons. The standard InChI is InChI=1S/C24H26N2O3S/c1-17-10-12-20(13-11-17)19(3)25-24(27)21-14-15-23(18(2)16-21)26(4)30(28,29)22-8-6-5-7-9-22/h5-16,19H,1-4H3,(H,25,27)/t19-/m0/s1. The van der Waals surface area contributed by atoms with E-state index in [1.54, 1.807) is 55.5 Å². The molecule has 0 aliphatic rings. The third-order valence-electron chi connectivity index (χ3n) is 5.12. The first-order valence-corrected chi connectivity index (χ1v) is 11.2. The Hall–Kier alpha value is -3.12. The zero-order valence-corrected chi connectivity index (χ0v) is 18.4. The van der Waals surface area contributed by atoms with Crippen molar-refractivity contribution in [3.05, 3.63) is 95.1 Å². The largest absolute Gasteiger partial charge is 0.346 e. The van der Waals surface area contributed by atoms with Crippen molar-refractivity contribution in [2.45, 2.75) is 31.7 Å². The van der Waals surface area contributed by atoms with Crippen molar-refractivity contribution in [2.24, 2.45) is 0 Å².